The minimum Gasteiger partial charge on any atom is -0.456 e. The Kier molecular flexibility index (Phi) is 9.63. The van der Waals surface area contributed by atoms with Gasteiger partial charge in [-0.1, -0.05) is 91.0 Å². The molecule has 0 aromatic heterocycles. The molecule has 1 aliphatic rings. The molecule has 0 amide bonds. The standard InChI is InChI=1S/C28H27F3O7S/c29-28(30,31)39(32,33)38-26-16-24(35-18-22-12-6-2-7-13-22)27(36-19-23-14-8-3-9-15-23)25(37-26)20-34-17-21-10-4-1-5-11-21/h1-16,24-25,27H,17-20H2/t24-,25-,27-/m1/s1. The van der Waals surface area contributed by atoms with Gasteiger partial charge in [0, 0.05) is 6.08 Å². The number of rotatable bonds is 12. The number of ether oxygens (including phenoxy) is 4. The van der Waals surface area contributed by atoms with Crippen LogP contribution >= 0.6 is 0 Å². The minimum absolute atomic E-state index is 0.0735. The monoisotopic (exact) mass is 564 g/mol. The molecule has 0 aliphatic carbocycles. The molecule has 0 bridgehead atoms. The van der Waals surface area contributed by atoms with Crippen molar-refractivity contribution in [1.82, 2.24) is 0 Å². The number of hydrogen-bond acceptors (Lipinski definition) is 7. The molecule has 0 spiro atoms. The quantitative estimate of drug-likeness (QED) is 0.213. The largest absolute Gasteiger partial charge is 0.534 e. The van der Waals surface area contributed by atoms with Crippen molar-refractivity contribution in [3.63, 3.8) is 0 Å². The molecule has 3 atom stereocenters. The van der Waals surface area contributed by atoms with E-state index in [1.807, 2.05) is 91.0 Å². The second-order valence-corrected chi connectivity index (χ2v) is 10.2. The van der Waals surface area contributed by atoms with E-state index in [1.54, 1.807) is 0 Å². The molecule has 4 rings (SSSR count). The van der Waals surface area contributed by atoms with Gasteiger partial charge >= 0.3 is 15.6 Å². The molecule has 11 heteroatoms. The summed E-state index contributed by atoms with van der Waals surface area (Å²) in [5.74, 6) is -0.863. The van der Waals surface area contributed by atoms with E-state index in [2.05, 4.69) is 4.18 Å². The number of hydrogen-bond donors (Lipinski definition) is 0. The summed E-state index contributed by atoms with van der Waals surface area (Å²) in [5.41, 5.74) is -3.15. The van der Waals surface area contributed by atoms with Crippen molar-refractivity contribution in [2.75, 3.05) is 6.61 Å². The van der Waals surface area contributed by atoms with Crippen LogP contribution in [0.3, 0.4) is 0 Å². The second-order valence-electron chi connectivity index (χ2n) is 8.65. The van der Waals surface area contributed by atoms with Crippen LogP contribution in [0.15, 0.2) is 103 Å². The summed E-state index contributed by atoms with van der Waals surface area (Å²) >= 11 is 0. The van der Waals surface area contributed by atoms with E-state index >= 15 is 0 Å². The van der Waals surface area contributed by atoms with Gasteiger partial charge in [0.05, 0.1) is 26.4 Å². The lowest BCUT2D eigenvalue weighted by atomic mass is 10.0. The van der Waals surface area contributed by atoms with Crippen LogP contribution in [0, 0.1) is 0 Å². The number of alkyl halides is 3. The first-order valence-electron chi connectivity index (χ1n) is 12.0. The first-order valence-corrected chi connectivity index (χ1v) is 13.4. The summed E-state index contributed by atoms with van der Waals surface area (Å²) in [6.45, 7) is 0.249. The van der Waals surface area contributed by atoms with Crippen LogP contribution in [0.5, 0.6) is 0 Å². The van der Waals surface area contributed by atoms with E-state index in [-0.39, 0.29) is 26.4 Å². The highest BCUT2D eigenvalue weighted by Crippen LogP contribution is 2.31. The van der Waals surface area contributed by atoms with Crippen LogP contribution in [0.2, 0.25) is 0 Å². The maximum atomic E-state index is 13.1. The lowest BCUT2D eigenvalue weighted by Gasteiger charge is -2.36. The Labute approximate surface area is 224 Å². The SMILES string of the molecule is O=S(=O)(OC1=C[C@@H](OCc2ccccc2)[C@@H](OCc2ccccc2)[C@@H](COCc2ccccc2)O1)C(F)(F)F. The van der Waals surface area contributed by atoms with Crippen molar-refractivity contribution in [3.8, 4) is 0 Å². The zero-order valence-electron chi connectivity index (χ0n) is 20.7. The summed E-state index contributed by atoms with van der Waals surface area (Å²) < 4.78 is 90.4. The van der Waals surface area contributed by atoms with Crippen LogP contribution in [-0.4, -0.2) is 38.8 Å². The van der Waals surface area contributed by atoms with E-state index in [1.165, 1.54) is 0 Å². The molecular weight excluding hydrogens is 537 g/mol. The van der Waals surface area contributed by atoms with Gasteiger partial charge in [-0.3, -0.25) is 0 Å². The van der Waals surface area contributed by atoms with Crippen molar-refractivity contribution in [1.29, 1.82) is 0 Å². The predicted molar refractivity (Wildman–Crippen MR) is 135 cm³/mol. The van der Waals surface area contributed by atoms with Gasteiger partial charge in [-0.05, 0) is 16.7 Å². The Balaban J connectivity index is 1.58. The van der Waals surface area contributed by atoms with Gasteiger partial charge in [-0.25, -0.2) is 0 Å². The van der Waals surface area contributed by atoms with Gasteiger partial charge in [0.25, 0.3) is 5.95 Å². The summed E-state index contributed by atoms with van der Waals surface area (Å²) in [5, 5.41) is 0. The third kappa shape index (κ3) is 8.30. The molecule has 0 unspecified atom stereocenters. The lowest BCUT2D eigenvalue weighted by molar-refractivity contribution is -0.167. The molecule has 0 N–H and O–H groups in total. The minimum atomic E-state index is -5.98. The van der Waals surface area contributed by atoms with Gasteiger partial charge in [0.2, 0.25) is 0 Å². The van der Waals surface area contributed by atoms with E-state index in [4.69, 9.17) is 18.9 Å². The van der Waals surface area contributed by atoms with Gasteiger partial charge in [-0.15, -0.1) is 0 Å². The van der Waals surface area contributed by atoms with Crippen molar-refractivity contribution in [2.24, 2.45) is 0 Å². The van der Waals surface area contributed by atoms with Crippen LogP contribution in [0.4, 0.5) is 13.2 Å². The first-order chi connectivity index (χ1) is 18.7. The zero-order chi connectivity index (χ0) is 27.7. The average molecular weight is 565 g/mol. The highest BCUT2D eigenvalue weighted by atomic mass is 32.2. The van der Waals surface area contributed by atoms with E-state index in [0.717, 1.165) is 22.8 Å². The second kappa shape index (κ2) is 13.1. The van der Waals surface area contributed by atoms with Crippen molar-refractivity contribution in [3.05, 3.63) is 120 Å². The first kappa shape index (κ1) is 28.6. The molecule has 0 radical (unpaired) electrons. The molecule has 0 fully saturated rings. The number of benzene rings is 3. The average Bonchev–Trinajstić information content (AvgIpc) is 2.92. The molecule has 1 aliphatic heterocycles. The predicted octanol–water partition coefficient (Wildman–Crippen LogP) is 5.48. The third-order valence-electron chi connectivity index (χ3n) is 5.70. The molecule has 3 aromatic rings. The van der Waals surface area contributed by atoms with E-state index < -0.39 is 39.9 Å². The van der Waals surface area contributed by atoms with Crippen LogP contribution < -0.4 is 0 Å². The maximum Gasteiger partial charge on any atom is 0.534 e. The van der Waals surface area contributed by atoms with Crippen LogP contribution in [0.25, 0.3) is 0 Å². The molecule has 3 aromatic carbocycles. The van der Waals surface area contributed by atoms with E-state index in [9.17, 15) is 21.6 Å². The smallest absolute Gasteiger partial charge is 0.456 e. The van der Waals surface area contributed by atoms with E-state index in [0.29, 0.717) is 0 Å². The normalized spacial score (nSPS) is 19.7. The molecule has 0 saturated heterocycles. The highest BCUT2D eigenvalue weighted by Gasteiger charge is 2.50. The summed E-state index contributed by atoms with van der Waals surface area (Å²) in [6.07, 6.45) is -1.91. The Hall–Kier alpha value is -3.38. The molecule has 0 saturated carbocycles. The Morgan fingerprint density at radius 1 is 0.718 bits per heavy atom. The van der Waals surface area contributed by atoms with Gasteiger partial charge in [0.1, 0.15) is 12.2 Å². The molecule has 7 nitrogen and oxygen atoms in total. The zero-order valence-corrected chi connectivity index (χ0v) is 21.5. The summed E-state index contributed by atoms with van der Waals surface area (Å²) in [6, 6.07) is 27.6. The molecule has 1 heterocycles. The summed E-state index contributed by atoms with van der Waals surface area (Å²) in [4.78, 5) is 0. The van der Waals surface area contributed by atoms with Gasteiger partial charge in [-0.2, -0.15) is 21.6 Å². The Morgan fingerprint density at radius 3 is 1.72 bits per heavy atom. The fraction of sp³-hybridized carbons (Fsp3) is 0.286. The highest BCUT2D eigenvalue weighted by molar-refractivity contribution is 7.87. The number of halogens is 3. The maximum absolute atomic E-state index is 13.1. The van der Waals surface area contributed by atoms with Crippen LogP contribution in [-0.2, 0) is 53.1 Å². The van der Waals surface area contributed by atoms with Crippen molar-refractivity contribution >= 4 is 10.1 Å². The topological polar surface area (TPSA) is 80.3 Å². The molecule has 39 heavy (non-hydrogen) atoms. The Morgan fingerprint density at radius 2 is 1.21 bits per heavy atom. The lowest BCUT2D eigenvalue weighted by Crippen LogP contribution is -2.47. The van der Waals surface area contributed by atoms with Crippen molar-refractivity contribution < 1.29 is 44.7 Å². The summed E-state index contributed by atoms with van der Waals surface area (Å²) in [7, 11) is -5.98. The van der Waals surface area contributed by atoms with Gasteiger partial charge in [0.15, 0.2) is 6.10 Å². The molecule has 208 valence electrons. The fourth-order valence-corrected chi connectivity index (χ4v) is 4.18. The molecular formula is C28H27F3O7S. The van der Waals surface area contributed by atoms with Crippen LogP contribution in [0.1, 0.15) is 16.7 Å². The van der Waals surface area contributed by atoms with Gasteiger partial charge < -0.3 is 23.1 Å². The van der Waals surface area contributed by atoms with Crippen molar-refractivity contribution in [2.45, 2.75) is 43.6 Å². The fourth-order valence-electron chi connectivity index (χ4n) is 3.77. The Bertz CT molecular complexity index is 1300. The third-order valence-corrected chi connectivity index (χ3v) is 6.65.